The lowest BCUT2D eigenvalue weighted by molar-refractivity contribution is -0.242. The van der Waals surface area contributed by atoms with E-state index in [1.165, 1.54) is 25.5 Å². The molecule has 4 heteroatoms. The lowest BCUT2D eigenvalue weighted by Crippen LogP contribution is -2.60. The van der Waals surface area contributed by atoms with Gasteiger partial charge in [0.1, 0.15) is 6.29 Å². The number of carbonyl (C=O) groups is 1. The molecular weight excluding hydrogens is 352 g/mol. The molecule has 5 fully saturated rings. The lowest BCUT2D eigenvalue weighted by Gasteiger charge is -2.63. The average Bonchev–Trinajstić information content (AvgIpc) is 3.27. The van der Waals surface area contributed by atoms with Crippen LogP contribution >= 0.6 is 0 Å². The van der Waals surface area contributed by atoms with Gasteiger partial charge in [0, 0.05) is 18.8 Å². The van der Waals surface area contributed by atoms with E-state index in [0.29, 0.717) is 35.0 Å². The summed E-state index contributed by atoms with van der Waals surface area (Å²) in [5.41, 5.74) is 0.513. The first-order valence-electron chi connectivity index (χ1n) is 11.7. The highest BCUT2D eigenvalue weighted by Crippen LogP contribution is 2.69. The lowest BCUT2D eigenvalue weighted by atomic mass is 9.43. The molecule has 5 rings (SSSR count). The van der Waals surface area contributed by atoms with Gasteiger partial charge in [-0.15, -0.1) is 0 Å². The zero-order valence-electron chi connectivity index (χ0n) is 17.9. The molecule has 5 aliphatic rings. The van der Waals surface area contributed by atoms with Gasteiger partial charge in [0.2, 0.25) is 0 Å². The van der Waals surface area contributed by atoms with Gasteiger partial charge in [0.25, 0.3) is 0 Å². The fraction of sp³-hybridized carbons (Fsp3) is 0.958. The second-order valence-electron chi connectivity index (χ2n) is 11.3. The van der Waals surface area contributed by atoms with Crippen molar-refractivity contribution in [1.29, 1.82) is 0 Å². The van der Waals surface area contributed by atoms with Gasteiger partial charge >= 0.3 is 0 Å². The minimum atomic E-state index is -0.363. The van der Waals surface area contributed by atoms with Crippen LogP contribution in [0.2, 0.25) is 0 Å². The van der Waals surface area contributed by atoms with Gasteiger partial charge in [-0.2, -0.15) is 0 Å². The third-order valence-electron chi connectivity index (χ3n) is 10.4. The van der Waals surface area contributed by atoms with E-state index in [4.69, 9.17) is 9.47 Å². The molecular formula is C24H38O4. The summed E-state index contributed by atoms with van der Waals surface area (Å²) in [6.45, 7) is 8.48. The molecule has 1 aliphatic heterocycles. The molecule has 4 aliphatic carbocycles. The van der Waals surface area contributed by atoms with E-state index in [1.54, 1.807) is 0 Å². The molecule has 0 aromatic heterocycles. The van der Waals surface area contributed by atoms with Gasteiger partial charge in [-0.1, -0.05) is 20.8 Å². The number of hydrogen-bond acceptors (Lipinski definition) is 4. The highest BCUT2D eigenvalue weighted by atomic mass is 16.7. The van der Waals surface area contributed by atoms with Crippen molar-refractivity contribution < 1.29 is 19.4 Å². The molecule has 4 nitrogen and oxygen atoms in total. The van der Waals surface area contributed by atoms with Crippen molar-refractivity contribution in [3.05, 3.63) is 0 Å². The Bertz CT molecular complexity index is 628. The molecule has 28 heavy (non-hydrogen) atoms. The van der Waals surface area contributed by atoms with Crippen LogP contribution in [0.1, 0.15) is 72.1 Å². The van der Waals surface area contributed by atoms with Crippen LogP contribution in [-0.2, 0) is 14.3 Å². The molecule has 0 bridgehead atoms. The predicted octanol–water partition coefficient (Wildman–Crippen LogP) is 4.19. The summed E-state index contributed by atoms with van der Waals surface area (Å²) in [6, 6.07) is 0. The average molecular weight is 391 g/mol. The molecule has 1 saturated heterocycles. The Morgan fingerprint density at radius 1 is 1.00 bits per heavy atom. The van der Waals surface area contributed by atoms with Gasteiger partial charge in [0.15, 0.2) is 5.79 Å². The Labute approximate surface area is 169 Å². The van der Waals surface area contributed by atoms with E-state index in [9.17, 15) is 9.90 Å². The number of ether oxygens (including phenoxy) is 2. The predicted molar refractivity (Wildman–Crippen MR) is 106 cm³/mol. The Morgan fingerprint density at radius 2 is 1.71 bits per heavy atom. The van der Waals surface area contributed by atoms with Crippen LogP contribution in [0, 0.1) is 46.3 Å². The summed E-state index contributed by atoms with van der Waals surface area (Å²) in [7, 11) is 0. The molecule has 4 unspecified atom stereocenters. The van der Waals surface area contributed by atoms with Gasteiger partial charge in [0.05, 0.1) is 19.3 Å². The van der Waals surface area contributed by atoms with E-state index in [2.05, 4.69) is 20.8 Å². The summed E-state index contributed by atoms with van der Waals surface area (Å²) in [5.74, 6) is 2.34. The monoisotopic (exact) mass is 390 g/mol. The smallest absolute Gasteiger partial charge is 0.168 e. The summed E-state index contributed by atoms with van der Waals surface area (Å²) < 4.78 is 12.1. The van der Waals surface area contributed by atoms with Crippen molar-refractivity contribution >= 4 is 6.29 Å². The fourth-order valence-electron chi connectivity index (χ4n) is 8.92. The largest absolute Gasteiger partial charge is 0.393 e. The van der Waals surface area contributed by atoms with Crippen molar-refractivity contribution in [2.45, 2.75) is 84.0 Å². The van der Waals surface area contributed by atoms with E-state index in [0.717, 1.165) is 45.3 Å². The van der Waals surface area contributed by atoms with E-state index >= 15 is 0 Å². The minimum Gasteiger partial charge on any atom is -0.393 e. The summed E-state index contributed by atoms with van der Waals surface area (Å²) >= 11 is 0. The first kappa shape index (κ1) is 19.5. The molecule has 4 saturated carbocycles. The van der Waals surface area contributed by atoms with Crippen molar-refractivity contribution in [1.82, 2.24) is 0 Å². The minimum absolute atomic E-state index is 0.141. The van der Waals surface area contributed by atoms with Gasteiger partial charge in [-0.25, -0.2) is 0 Å². The Kier molecular flexibility index (Phi) is 4.54. The van der Waals surface area contributed by atoms with Crippen molar-refractivity contribution in [2.24, 2.45) is 46.3 Å². The number of carbonyl (C=O) groups excluding carboxylic acids is 1. The van der Waals surface area contributed by atoms with E-state index < -0.39 is 0 Å². The fourth-order valence-corrected chi connectivity index (χ4v) is 8.92. The Hall–Kier alpha value is -0.450. The number of fused-ring (bicyclic) bond motifs is 5. The highest BCUT2D eigenvalue weighted by Gasteiger charge is 2.64. The highest BCUT2D eigenvalue weighted by molar-refractivity contribution is 5.53. The maximum absolute atomic E-state index is 11.5. The van der Waals surface area contributed by atoms with E-state index in [-0.39, 0.29) is 23.2 Å². The molecule has 0 aromatic carbocycles. The van der Waals surface area contributed by atoms with E-state index in [1.807, 2.05) is 0 Å². The van der Waals surface area contributed by atoms with Crippen LogP contribution in [0.15, 0.2) is 0 Å². The van der Waals surface area contributed by atoms with Crippen LogP contribution < -0.4 is 0 Å². The Balaban J connectivity index is 1.42. The number of aliphatic hydroxyl groups is 1. The van der Waals surface area contributed by atoms with Crippen molar-refractivity contribution in [3.63, 3.8) is 0 Å². The second kappa shape index (κ2) is 6.52. The normalized spacial score (nSPS) is 53.3. The zero-order valence-corrected chi connectivity index (χ0v) is 17.9. The number of aldehydes is 1. The molecule has 158 valence electrons. The molecule has 1 heterocycles. The van der Waals surface area contributed by atoms with Crippen LogP contribution in [0.5, 0.6) is 0 Å². The second-order valence-corrected chi connectivity index (χ2v) is 11.3. The van der Waals surface area contributed by atoms with Crippen molar-refractivity contribution in [2.75, 3.05) is 13.2 Å². The number of hydrogen-bond donors (Lipinski definition) is 1. The van der Waals surface area contributed by atoms with Crippen LogP contribution in [0.4, 0.5) is 0 Å². The molecule has 0 amide bonds. The number of rotatable bonds is 2. The molecule has 1 spiro atoms. The maximum Gasteiger partial charge on any atom is 0.168 e. The van der Waals surface area contributed by atoms with Crippen LogP contribution in [0.25, 0.3) is 0 Å². The summed E-state index contributed by atoms with van der Waals surface area (Å²) in [6.07, 6.45) is 9.73. The zero-order chi connectivity index (χ0) is 19.7. The third-order valence-corrected chi connectivity index (χ3v) is 10.4. The summed E-state index contributed by atoms with van der Waals surface area (Å²) in [5, 5.41) is 11.4. The molecule has 0 aromatic rings. The SMILES string of the molecule is C[C@@H](C=O)[C@H]1CCC2C3C(CC[C@@]21C)[C@@]1(C)CCC2(CC1C[C@H]3O)OCCO2. The van der Waals surface area contributed by atoms with Gasteiger partial charge < -0.3 is 19.4 Å². The van der Waals surface area contributed by atoms with Crippen LogP contribution in [0.3, 0.4) is 0 Å². The molecule has 1 N–H and O–H groups in total. The number of aliphatic hydroxyl groups excluding tert-OH is 1. The topological polar surface area (TPSA) is 55.8 Å². The van der Waals surface area contributed by atoms with Crippen molar-refractivity contribution in [3.8, 4) is 0 Å². The standard InChI is InChI=1S/C24H38O4/c1-15(14-25)17-4-5-18-21-19(6-7-23(17,18)3)22(2)8-9-24(27-10-11-28-24)13-16(22)12-20(21)26/h14-21,26H,4-13H2,1-3H3/t15-,16?,17+,18?,19?,20+,21?,22-,23+/m0/s1. The molecule has 9 atom stereocenters. The molecule has 0 radical (unpaired) electrons. The van der Waals surface area contributed by atoms with Gasteiger partial charge in [-0.05, 0) is 78.9 Å². The Morgan fingerprint density at radius 3 is 2.43 bits per heavy atom. The first-order chi connectivity index (χ1) is 13.3. The summed E-state index contributed by atoms with van der Waals surface area (Å²) in [4.78, 5) is 11.5. The third kappa shape index (κ3) is 2.56. The van der Waals surface area contributed by atoms with Crippen LogP contribution in [-0.4, -0.2) is 36.5 Å². The first-order valence-corrected chi connectivity index (χ1v) is 11.7. The van der Waals surface area contributed by atoms with Gasteiger partial charge in [-0.3, -0.25) is 0 Å². The maximum atomic E-state index is 11.5. The quantitative estimate of drug-likeness (QED) is 0.718.